The highest BCUT2D eigenvalue weighted by Crippen LogP contribution is 2.37. The first-order valence-corrected chi connectivity index (χ1v) is 14.1. The van der Waals surface area contributed by atoms with Crippen molar-refractivity contribution in [2.45, 2.75) is 46.4 Å². The van der Waals surface area contributed by atoms with E-state index < -0.39 is 47.7 Å². The van der Waals surface area contributed by atoms with Crippen LogP contribution in [0.1, 0.15) is 43.0 Å². The minimum Gasteiger partial charge on any atom is -0.550 e. The lowest BCUT2D eigenvalue weighted by molar-refractivity contribution is -0.317. The van der Waals surface area contributed by atoms with Gasteiger partial charge in [0.05, 0.1) is 18.6 Å². The third kappa shape index (κ3) is 8.59. The van der Waals surface area contributed by atoms with Gasteiger partial charge in [-0.15, -0.1) is 0 Å². The van der Waals surface area contributed by atoms with E-state index in [2.05, 4.69) is 10.3 Å². The normalized spacial score (nSPS) is 11.6. The summed E-state index contributed by atoms with van der Waals surface area (Å²) < 4.78 is 68.0. The topological polar surface area (TPSA) is 101 Å². The van der Waals surface area contributed by atoms with Crippen molar-refractivity contribution in [2.24, 2.45) is 5.41 Å². The first-order valence-electron chi connectivity index (χ1n) is 14.1. The molecule has 0 fully saturated rings. The van der Waals surface area contributed by atoms with Gasteiger partial charge in [-0.3, -0.25) is 4.79 Å². The lowest BCUT2D eigenvalue weighted by atomic mass is 9.84. The van der Waals surface area contributed by atoms with Crippen molar-refractivity contribution in [2.75, 3.05) is 11.9 Å². The first-order chi connectivity index (χ1) is 21.3. The fourth-order valence-electron chi connectivity index (χ4n) is 4.58. The van der Waals surface area contributed by atoms with Crippen LogP contribution in [-0.4, -0.2) is 23.5 Å². The number of nitrogens with one attached hydrogen (secondary N) is 1. The zero-order chi connectivity index (χ0) is 32.8. The summed E-state index contributed by atoms with van der Waals surface area (Å²) in [4.78, 5) is 28.4. The van der Waals surface area contributed by atoms with Gasteiger partial charge in [-0.2, -0.15) is 13.2 Å². The van der Waals surface area contributed by atoms with Crippen LogP contribution in [0.3, 0.4) is 0 Å². The minimum atomic E-state index is -4.80. The molecule has 0 saturated heterocycles. The van der Waals surface area contributed by atoms with Crippen molar-refractivity contribution in [3.05, 3.63) is 107 Å². The molecule has 1 N–H and O–H groups in total. The van der Waals surface area contributed by atoms with E-state index in [1.807, 2.05) is 30.3 Å². The molecule has 11 heteroatoms. The van der Waals surface area contributed by atoms with Crippen LogP contribution < -0.4 is 19.9 Å². The van der Waals surface area contributed by atoms with Crippen LogP contribution in [0.25, 0.3) is 11.1 Å². The molecule has 0 bridgehead atoms. The SMILES string of the molecule is CCOc1cc(OCc2ccccc2)ncc1-c1ccc(CC(=O)Nc2ccc(CC(C)(C)C(=O)[O-])c(C(F)(F)F)c2)c(F)c1. The Hall–Kier alpha value is -4.93. The Balaban J connectivity index is 1.48. The summed E-state index contributed by atoms with van der Waals surface area (Å²) in [6, 6.07) is 18.4. The number of pyridine rings is 1. The molecule has 3 aromatic carbocycles. The van der Waals surface area contributed by atoms with Gasteiger partial charge in [0.1, 0.15) is 18.2 Å². The van der Waals surface area contributed by atoms with Crippen LogP contribution in [-0.2, 0) is 35.2 Å². The lowest BCUT2D eigenvalue weighted by Gasteiger charge is -2.27. The number of carboxylic acids is 1. The number of nitrogens with zero attached hydrogens (tertiary/aromatic N) is 1. The Morgan fingerprint density at radius 2 is 1.64 bits per heavy atom. The van der Waals surface area contributed by atoms with E-state index in [1.165, 1.54) is 38.2 Å². The van der Waals surface area contributed by atoms with E-state index in [1.54, 1.807) is 19.1 Å². The zero-order valence-corrected chi connectivity index (χ0v) is 24.8. The van der Waals surface area contributed by atoms with Crippen molar-refractivity contribution >= 4 is 17.6 Å². The van der Waals surface area contributed by atoms with Gasteiger partial charge in [-0.05, 0) is 53.8 Å². The molecule has 4 aromatic rings. The Morgan fingerprint density at radius 1 is 0.933 bits per heavy atom. The number of aliphatic carboxylic acids is 1. The largest absolute Gasteiger partial charge is 0.550 e. The summed E-state index contributed by atoms with van der Waals surface area (Å²) in [5.41, 5.74) is -1.14. The molecule has 45 heavy (non-hydrogen) atoms. The molecule has 1 aromatic heterocycles. The quantitative estimate of drug-likeness (QED) is 0.184. The molecular formula is C34H31F4N2O5-. The standard InChI is InChI=1S/C34H32F4N2O5/c1-4-44-29-17-31(45-20-21-8-6-5-7-9-21)39-19-26(29)22-10-11-23(28(35)14-22)15-30(41)40-25-13-12-24(18-33(2,3)32(42)43)27(16-25)34(36,37)38/h5-14,16-17,19H,4,15,18,20H2,1-3H3,(H,40,41)(H,42,43)/p-1. The van der Waals surface area contributed by atoms with E-state index >= 15 is 4.39 Å². The Kier molecular flexibility index (Phi) is 10.1. The fourth-order valence-corrected chi connectivity index (χ4v) is 4.58. The minimum absolute atomic E-state index is 0.0216. The number of alkyl halides is 3. The molecule has 0 spiro atoms. The number of rotatable bonds is 12. The van der Waals surface area contributed by atoms with Crippen LogP contribution in [0.2, 0.25) is 0 Å². The second-order valence-electron chi connectivity index (χ2n) is 11.0. The van der Waals surface area contributed by atoms with Crippen LogP contribution in [0.15, 0.2) is 79.0 Å². The van der Waals surface area contributed by atoms with Gasteiger partial charge in [0.15, 0.2) is 0 Å². The van der Waals surface area contributed by atoms with E-state index in [-0.39, 0.29) is 16.8 Å². The number of halogens is 4. The van der Waals surface area contributed by atoms with Crippen molar-refractivity contribution < 1.29 is 41.7 Å². The second-order valence-corrected chi connectivity index (χ2v) is 11.0. The summed E-state index contributed by atoms with van der Waals surface area (Å²) in [6.45, 7) is 4.97. The van der Waals surface area contributed by atoms with Crippen molar-refractivity contribution in [1.29, 1.82) is 0 Å². The Morgan fingerprint density at radius 3 is 2.29 bits per heavy atom. The van der Waals surface area contributed by atoms with Gasteiger partial charge in [-0.25, -0.2) is 9.37 Å². The highest BCUT2D eigenvalue weighted by atomic mass is 19.4. The number of aromatic nitrogens is 1. The number of hydrogen-bond donors (Lipinski definition) is 1. The summed E-state index contributed by atoms with van der Waals surface area (Å²) in [7, 11) is 0. The number of benzene rings is 3. The molecule has 0 aliphatic carbocycles. The maximum atomic E-state index is 15.2. The highest BCUT2D eigenvalue weighted by Gasteiger charge is 2.35. The summed E-state index contributed by atoms with van der Waals surface area (Å²) in [5, 5.41) is 13.7. The summed E-state index contributed by atoms with van der Waals surface area (Å²) >= 11 is 0. The number of hydrogen-bond acceptors (Lipinski definition) is 6. The van der Waals surface area contributed by atoms with Gasteiger partial charge in [-0.1, -0.05) is 62.4 Å². The van der Waals surface area contributed by atoms with Crippen LogP contribution in [0.5, 0.6) is 11.6 Å². The van der Waals surface area contributed by atoms with Gasteiger partial charge < -0.3 is 24.7 Å². The first kappa shape index (κ1) is 33.0. The predicted molar refractivity (Wildman–Crippen MR) is 158 cm³/mol. The molecule has 236 valence electrons. The molecule has 0 aliphatic rings. The number of ether oxygens (including phenoxy) is 2. The van der Waals surface area contributed by atoms with Crippen LogP contribution in [0.4, 0.5) is 23.2 Å². The van der Waals surface area contributed by atoms with E-state index in [0.717, 1.165) is 17.7 Å². The molecular weight excluding hydrogens is 592 g/mol. The van der Waals surface area contributed by atoms with Crippen molar-refractivity contribution in [3.63, 3.8) is 0 Å². The summed E-state index contributed by atoms with van der Waals surface area (Å²) in [6.07, 6.45) is -4.18. The third-order valence-electron chi connectivity index (χ3n) is 6.97. The predicted octanol–water partition coefficient (Wildman–Crippen LogP) is 6.38. The van der Waals surface area contributed by atoms with Crippen molar-refractivity contribution in [1.82, 2.24) is 4.98 Å². The number of carboxylic acid groups (broad SMARTS) is 1. The van der Waals surface area contributed by atoms with Crippen LogP contribution >= 0.6 is 0 Å². The molecule has 0 atom stereocenters. The molecule has 0 radical (unpaired) electrons. The average Bonchev–Trinajstić information content (AvgIpc) is 2.98. The van der Waals surface area contributed by atoms with Gasteiger partial charge in [0.2, 0.25) is 11.8 Å². The molecule has 1 amide bonds. The number of amides is 1. The van der Waals surface area contributed by atoms with Crippen LogP contribution in [0, 0.1) is 11.2 Å². The fraction of sp³-hybridized carbons (Fsp3) is 0.265. The van der Waals surface area contributed by atoms with Gasteiger partial charge in [0.25, 0.3) is 0 Å². The van der Waals surface area contributed by atoms with E-state index in [0.29, 0.717) is 36.0 Å². The zero-order valence-electron chi connectivity index (χ0n) is 24.8. The molecule has 0 saturated carbocycles. The van der Waals surface area contributed by atoms with E-state index in [9.17, 15) is 27.9 Å². The molecule has 1 heterocycles. The van der Waals surface area contributed by atoms with Crippen molar-refractivity contribution in [3.8, 4) is 22.8 Å². The highest BCUT2D eigenvalue weighted by molar-refractivity contribution is 5.92. The molecule has 0 aliphatic heterocycles. The Bertz CT molecular complexity index is 1670. The molecule has 4 rings (SSSR count). The maximum absolute atomic E-state index is 15.2. The average molecular weight is 624 g/mol. The van der Waals surface area contributed by atoms with Gasteiger partial charge in [0, 0.05) is 34.9 Å². The summed E-state index contributed by atoms with van der Waals surface area (Å²) in [5.74, 6) is -2.19. The molecule has 7 nitrogen and oxygen atoms in total. The number of carbonyl (C=O) groups is 2. The number of anilines is 1. The monoisotopic (exact) mass is 623 g/mol. The smallest absolute Gasteiger partial charge is 0.416 e. The third-order valence-corrected chi connectivity index (χ3v) is 6.97. The second kappa shape index (κ2) is 13.8. The number of carbonyl (C=O) groups excluding carboxylic acids is 2. The Labute approximate surface area is 257 Å². The van der Waals surface area contributed by atoms with Gasteiger partial charge >= 0.3 is 6.18 Å². The molecule has 0 unspecified atom stereocenters. The van der Waals surface area contributed by atoms with E-state index in [4.69, 9.17) is 9.47 Å². The lowest BCUT2D eigenvalue weighted by Crippen LogP contribution is -2.39. The maximum Gasteiger partial charge on any atom is 0.416 e.